The van der Waals surface area contributed by atoms with Crippen molar-refractivity contribution in [1.29, 1.82) is 0 Å². The molecule has 0 radical (unpaired) electrons. The van der Waals surface area contributed by atoms with Crippen molar-refractivity contribution < 1.29 is 0 Å². The summed E-state index contributed by atoms with van der Waals surface area (Å²) in [5, 5.41) is 0. The second-order valence-corrected chi connectivity index (χ2v) is 4.23. The van der Waals surface area contributed by atoms with Gasteiger partial charge in [-0.05, 0) is 24.2 Å². The molecule has 0 bridgehead atoms. The first kappa shape index (κ1) is 9.09. The van der Waals surface area contributed by atoms with Crippen LogP contribution in [0, 0.1) is 17.8 Å². The standard InChI is InChI=1S/C11H22/c1-4-10-7-6-9(3)11(5-2)8-10/h9-11H,4-8H2,1-3H3/t9-,10?,11?/m0/s1. The molecule has 0 heteroatoms. The van der Waals surface area contributed by atoms with Gasteiger partial charge in [-0.2, -0.15) is 0 Å². The lowest BCUT2D eigenvalue weighted by atomic mass is 9.73. The molecule has 0 aromatic carbocycles. The molecule has 0 aromatic rings. The summed E-state index contributed by atoms with van der Waals surface area (Å²) < 4.78 is 0. The summed E-state index contributed by atoms with van der Waals surface area (Å²) in [6.07, 6.45) is 7.29. The van der Waals surface area contributed by atoms with E-state index in [-0.39, 0.29) is 0 Å². The van der Waals surface area contributed by atoms with Crippen molar-refractivity contribution in [3.8, 4) is 0 Å². The molecule has 0 saturated heterocycles. The molecule has 1 saturated carbocycles. The van der Waals surface area contributed by atoms with Crippen LogP contribution >= 0.6 is 0 Å². The van der Waals surface area contributed by atoms with Crippen LogP contribution in [0.3, 0.4) is 0 Å². The average Bonchev–Trinajstić information content (AvgIpc) is 2.05. The van der Waals surface area contributed by atoms with Crippen LogP contribution in [0.15, 0.2) is 0 Å². The molecule has 1 aliphatic carbocycles. The molecule has 0 aliphatic heterocycles. The fourth-order valence-electron chi connectivity index (χ4n) is 2.45. The van der Waals surface area contributed by atoms with Gasteiger partial charge < -0.3 is 0 Å². The van der Waals surface area contributed by atoms with Gasteiger partial charge in [0, 0.05) is 0 Å². The Bertz CT molecular complexity index is 107. The minimum atomic E-state index is 1.00. The number of hydrogen-bond donors (Lipinski definition) is 0. The van der Waals surface area contributed by atoms with E-state index >= 15 is 0 Å². The highest BCUT2D eigenvalue weighted by Gasteiger charge is 2.24. The summed E-state index contributed by atoms with van der Waals surface area (Å²) in [6, 6.07) is 0. The van der Waals surface area contributed by atoms with E-state index in [2.05, 4.69) is 20.8 Å². The lowest BCUT2D eigenvalue weighted by molar-refractivity contribution is 0.184. The molecule has 0 aromatic heterocycles. The first-order valence-electron chi connectivity index (χ1n) is 5.27. The summed E-state index contributed by atoms with van der Waals surface area (Å²) in [7, 11) is 0. The highest BCUT2D eigenvalue weighted by molar-refractivity contribution is 4.76. The topological polar surface area (TPSA) is 0 Å². The second kappa shape index (κ2) is 4.13. The zero-order chi connectivity index (χ0) is 8.27. The maximum absolute atomic E-state index is 2.43. The van der Waals surface area contributed by atoms with Gasteiger partial charge in [0.05, 0.1) is 0 Å². The Morgan fingerprint density at radius 2 is 1.82 bits per heavy atom. The van der Waals surface area contributed by atoms with Crippen LogP contribution in [-0.2, 0) is 0 Å². The van der Waals surface area contributed by atoms with E-state index in [0.717, 1.165) is 17.8 Å². The van der Waals surface area contributed by atoms with Gasteiger partial charge in [0.1, 0.15) is 0 Å². The van der Waals surface area contributed by atoms with E-state index in [9.17, 15) is 0 Å². The molecule has 1 fully saturated rings. The van der Waals surface area contributed by atoms with Crippen molar-refractivity contribution in [2.45, 2.75) is 52.9 Å². The van der Waals surface area contributed by atoms with Crippen LogP contribution in [0.2, 0.25) is 0 Å². The van der Waals surface area contributed by atoms with Crippen molar-refractivity contribution in [2.75, 3.05) is 0 Å². The molecule has 11 heavy (non-hydrogen) atoms. The van der Waals surface area contributed by atoms with Crippen LogP contribution in [0.4, 0.5) is 0 Å². The molecular weight excluding hydrogens is 132 g/mol. The molecule has 0 heterocycles. The summed E-state index contributed by atoms with van der Waals surface area (Å²) in [4.78, 5) is 0. The second-order valence-electron chi connectivity index (χ2n) is 4.23. The van der Waals surface area contributed by atoms with Gasteiger partial charge in [-0.15, -0.1) is 0 Å². The Morgan fingerprint density at radius 3 is 2.36 bits per heavy atom. The van der Waals surface area contributed by atoms with Crippen molar-refractivity contribution >= 4 is 0 Å². The minimum absolute atomic E-state index is 1.00. The highest BCUT2D eigenvalue weighted by atomic mass is 14.3. The average molecular weight is 154 g/mol. The van der Waals surface area contributed by atoms with Crippen molar-refractivity contribution in [2.24, 2.45) is 17.8 Å². The van der Waals surface area contributed by atoms with Crippen molar-refractivity contribution in [3.63, 3.8) is 0 Å². The Morgan fingerprint density at radius 1 is 1.09 bits per heavy atom. The molecule has 0 nitrogen and oxygen atoms in total. The smallest absolute Gasteiger partial charge is 0.0388 e. The Balaban J connectivity index is 2.37. The van der Waals surface area contributed by atoms with E-state index in [1.54, 1.807) is 0 Å². The Labute approximate surface area is 71.4 Å². The monoisotopic (exact) mass is 154 g/mol. The molecule has 1 aliphatic rings. The van der Waals surface area contributed by atoms with Crippen LogP contribution in [0.5, 0.6) is 0 Å². The molecular formula is C11H22. The van der Waals surface area contributed by atoms with Crippen LogP contribution in [0.1, 0.15) is 52.9 Å². The third-order valence-corrected chi connectivity index (χ3v) is 3.57. The van der Waals surface area contributed by atoms with E-state index in [0.29, 0.717) is 0 Å². The maximum Gasteiger partial charge on any atom is -0.0388 e. The fourth-order valence-corrected chi connectivity index (χ4v) is 2.45. The molecule has 0 spiro atoms. The SMILES string of the molecule is CCC1CC[C@H](C)C(CC)C1. The largest absolute Gasteiger partial charge is 0.0651 e. The van der Waals surface area contributed by atoms with E-state index in [1.165, 1.54) is 32.1 Å². The predicted octanol–water partition coefficient (Wildman–Crippen LogP) is 3.86. The zero-order valence-corrected chi connectivity index (χ0v) is 8.27. The summed E-state index contributed by atoms with van der Waals surface area (Å²) in [5.74, 6) is 3.09. The van der Waals surface area contributed by atoms with Crippen molar-refractivity contribution in [3.05, 3.63) is 0 Å². The Kier molecular flexibility index (Phi) is 3.42. The third kappa shape index (κ3) is 2.21. The molecule has 1 rings (SSSR count). The van der Waals surface area contributed by atoms with E-state index in [1.807, 2.05) is 0 Å². The summed E-state index contributed by atoms with van der Waals surface area (Å²) in [6.45, 7) is 7.12. The molecule has 0 N–H and O–H groups in total. The van der Waals surface area contributed by atoms with Gasteiger partial charge >= 0.3 is 0 Å². The Hall–Kier alpha value is 0. The lowest BCUT2D eigenvalue weighted by Gasteiger charge is -2.33. The molecule has 66 valence electrons. The zero-order valence-electron chi connectivity index (χ0n) is 8.27. The van der Waals surface area contributed by atoms with Gasteiger partial charge in [-0.1, -0.05) is 46.5 Å². The molecule has 3 atom stereocenters. The third-order valence-electron chi connectivity index (χ3n) is 3.57. The predicted molar refractivity (Wildman–Crippen MR) is 50.6 cm³/mol. The highest BCUT2D eigenvalue weighted by Crippen LogP contribution is 2.36. The van der Waals surface area contributed by atoms with Gasteiger partial charge in [0.2, 0.25) is 0 Å². The van der Waals surface area contributed by atoms with E-state index < -0.39 is 0 Å². The molecule has 2 unspecified atom stereocenters. The van der Waals surface area contributed by atoms with Gasteiger partial charge in [-0.25, -0.2) is 0 Å². The lowest BCUT2D eigenvalue weighted by Crippen LogP contribution is -2.21. The van der Waals surface area contributed by atoms with Gasteiger partial charge in [0.25, 0.3) is 0 Å². The van der Waals surface area contributed by atoms with Crippen LogP contribution in [-0.4, -0.2) is 0 Å². The quantitative estimate of drug-likeness (QED) is 0.566. The molecule has 0 amide bonds. The van der Waals surface area contributed by atoms with Crippen LogP contribution < -0.4 is 0 Å². The first-order chi connectivity index (χ1) is 5.27. The van der Waals surface area contributed by atoms with E-state index in [4.69, 9.17) is 0 Å². The maximum atomic E-state index is 2.43. The normalized spacial score (nSPS) is 39.0. The van der Waals surface area contributed by atoms with Crippen molar-refractivity contribution in [1.82, 2.24) is 0 Å². The van der Waals surface area contributed by atoms with Gasteiger partial charge in [-0.3, -0.25) is 0 Å². The first-order valence-corrected chi connectivity index (χ1v) is 5.27. The minimum Gasteiger partial charge on any atom is -0.0651 e. The van der Waals surface area contributed by atoms with Crippen LogP contribution in [0.25, 0.3) is 0 Å². The fraction of sp³-hybridized carbons (Fsp3) is 1.00. The summed E-state index contributed by atoms with van der Waals surface area (Å²) in [5.41, 5.74) is 0. The summed E-state index contributed by atoms with van der Waals surface area (Å²) >= 11 is 0. The number of rotatable bonds is 2. The number of hydrogen-bond acceptors (Lipinski definition) is 0. The van der Waals surface area contributed by atoms with Gasteiger partial charge in [0.15, 0.2) is 0 Å².